The Morgan fingerprint density at radius 2 is 1.63 bits per heavy atom. The van der Waals surface area contributed by atoms with Crippen LogP contribution in [0.2, 0.25) is 0 Å². The molecular formula is C19H25N2O5Y-. The molecule has 0 aliphatic carbocycles. The molecule has 0 atom stereocenters. The van der Waals surface area contributed by atoms with Crippen molar-refractivity contribution in [3.63, 3.8) is 0 Å². The number of hydrogen-bond acceptors (Lipinski definition) is 5. The van der Waals surface area contributed by atoms with E-state index in [0.717, 1.165) is 10.5 Å². The summed E-state index contributed by atoms with van der Waals surface area (Å²) in [5, 5.41) is 0. The largest absolute Gasteiger partial charge is 0.540 e. The fourth-order valence-electron chi connectivity index (χ4n) is 2.16. The molecule has 0 bridgehead atoms. The maximum atomic E-state index is 12.6. The summed E-state index contributed by atoms with van der Waals surface area (Å²) in [6.45, 7) is 5.83. The van der Waals surface area contributed by atoms with Gasteiger partial charge in [-0.1, -0.05) is 36.9 Å². The van der Waals surface area contributed by atoms with E-state index >= 15 is 0 Å². The Hall–Kier alpha value is -1.60. The molecule has 0 unspecified atom stereocenters. The number of hydrogen-bond donors (Lipinski definition) is 0. The summed E-state index contributed by atoms with van der Waals surface area (Å²) in [6.07, 6.45) is 0.826. The minimum atomic E-state index is -0.781. The van der Waals surface area contributed by atoms with Crippen LogP contribution < -0.4 is 0 Å². The van der Waals surface area contributed by atoms with Crippen LogP contribution in [0, 0.1) is 0 Å². The molecule has 0 aromatic heterocycles. The summed E-state index contributed by atoms with van der Waals surface area (Å²) < 4.78 is 5.20. The fourth-order valence-corrected chi connectivity index (χ4v) is 2.16. The van der Waals surface area contributed by atoms with Crippen LogP contribution in [0.1, 0.15) is 33.3 Å². The number of ketones is 1. The van der Waals surface area contributed by atoms with Gasteiger partial charge in [-0.15, -0.1) is 0 Å². The van der Waals surface area contributed by atoms with Crippen LogP contribution in [0.3, 0.4) is 0 Å². The first-order valence-electron chi connectivity index (χ1n) is 8.26. The fraction of sp³-hybridized carbons (Fsp3) is 0.474. The molecule has 27 heavy (non-hydrogen) atoms. The minimum absolute atomic E-state index is 0. The summed E-state index contributed by atoms with van der Waals surface area (Å²) in [5.74, 6) is -0.634. The van der Waals surface area contributed by atoms with Crippen molar-refractivity contribution in [2.75, 3.05) is 19.6 Å². The molecule has 0 spiro atoms. The third kappa shape index (κ3) is 10.3. The number of carbonyl (C=O) groups is 3. The molecule has 1 aromatic rings. The molecule has 0 aliphatic rings. The molecular weight excluding hydrogens is 425 g/mol. The van der Waals surface area contributed by atoms with Crippen LogP contribution in [0.5, 0.6) is 0 Å². The van der Waals surface area contributed by atoms with Crippen LogP contribution >= 0.6 is 0 Å². The number of benzene rings is 1. The van der Waals surface area contributed by atoms with E-state index in [2.05, 4.69) is 0 Å². The van der Waals surface area contributed by atoms with Crippen LogP contribution in [0.25, 0.3) is 0 Å². The quantitative estimate of drug-likeness (QED) is 0.566. The molecule has 1 aromatic carbocycles. The Morgan fingerprint density at radius 1 is 1.04 bits per heavy atom. The number of carbonyl (C=O) groups excluding carboxylic acids is 4. The van der Waals surface area contributed by atoms with Crippen molar-refractivity contribution < 1.29 is 56.6 Å². The third-order valence-electron chi connectivity index (χ3n) is 3.22. The third-order valence-corrected chi connectivity index (χ3v) is 3.22. The Labute approximate surface area is 185 Å². The first kappa shape index (κ1) is 25.4. The molecule has 0 fully saturated rings. The van der Waals surface area contributed by atoms with Gasteiger partial charge in [-0.05, 0) is 33.3 Å². The first-order chi connectivity index (χ1) is 12.1. The van der Waals surface area contributed by atoms with Gasteiger partial charge in [0.15, 0.2) is 0 Å². The van der Waals surface area contributed by atoms with Crippen molar-refractivity contribution in [2.45, 2.75) is 39.8 Å². The van der Waals surface area contributed by atoms with Gasteiger partial charge < -0.3 is 19.3 Å². The summed E-state index contributed by atoms with van der Waals surface area (Å²) >= 11 is 0. The van der Waals surface area contributed by atoms with Gasteiger partial charge in [-0.25, -0.2) is 11.1 Å². The average Bonchev–Trinajstić information content (AvgIpc) is 2.52. The SMILES string of the molecule is CC(=O)CN(Cc1ccccc1)C(=O)CN(C[C-]=O)C(=O)OC(C)(C)C.[Y]. The van der Waals surface area contributed by atoms with Crippen molar-refractivity contribution in [3.05, 3.63) is 35.9 Å². The zero-order chi connectivity index (χ0) is 19.7. The van der Waals surface area contributed by atoms with Gasteiger partial charge in [0.1, 0.15) is 17.9 Å². The van der Waals surface area contributed by atoms with Crippen LogP contribution in [-0.4, -0.2) is 59.1 Å². The van der Waals surface area contributed by atoms with Crippen molar-refractivity contribution in [3.8, 4) is 0 Å². The van der Waals surface area contributed by atoms with E-state index < -0.39 is 17.6 Å². The molecule has 8 heteroatoms. The van der Waals surface area contributed by atoms with Crippen molar-refractivity contribution >= 4 is 24.1 Å². The summed E-state index contributed by atoms with van der Waals surface area (Å²) in [4.78, 5) is 49.4. The van der Waals surface area contributed by atoms with Gasteiger partial charge >= 0.3 is 6.09 Å². The van der Waals surface area contributed by atoms with E-state index in [1.54, 1.807) is 27.1 Å². The predicted molar refractivity (Wildman–Crippen MR) is 96.0 cm³/mol. The standard InChI is InChI=1S/C19H25N2O5.Y/c1-15(23)12-21(13-16-8-6-5-7-9-16)17(24)14-20(10-11-22)18(25)26-19(2,3)4;/h5-9H,10,12-14H2,1-4H3;/q-1;. The molecule has 0 saturated carbocycles. The Bertz CT molecular complexity index is 643. The van der Waals surface area contributed by atoms with E-state index in [-0.39, 0.29) is 64.7 Å². The first-order valence-corrected chi connectivity index (χ1v) is 8.26. The van der Waals surface area contributed by atoms with Gasteiger partial charge in [-0.2, -0.15) is 0 Å². The van der Waals surface area contributed by atoms with Gasteiger partial charge in [-0.3, -0.25) is 9.59 Å². The number of ether oxygens (including phenoxy) is 1. The smallest absolute Gasteiger partial charge is 0.408 e. The minimum Gasteiger partial charge on any atom is -0.540 e. The second kappa shape index (κ2) is 12.0. The van der Waals surface area contributed by atoms with E-state index in [1.807, 2.05) is 30.3 Å². The number of rotatable bonds is 8. The zero-order valence-corrected chi connectivity index (χ0v) is 19.1. The Morgan fingerprint density at radius 3 is 2.11 bits per heavy atom. The normalized spacial score (nSPS) is 10.4. The van der Waals surface area contributed by atoms with Crippen LogP contribution in [0.15, 0.2) is 30.3 Å². The molecule has 0 saturated heterocycles. The van der Waals surface area contributed by atoms with Gasteiger partial charge in [0.25, 0.3) is 0 Å². The van der Waals surface area contributed by atoms with E-state index in [0.29, 0.717) is 0 Å². The van der Waals surface area contributed by atoms with E-state index in [4.69, 9.17) is 4.74 Å². The van der Waals surface area contributed by atoms with E-state index in [9.17, 15) is 19.2 Å². The topological polar surface area (TPSA) is 84.0 Å². The summed E-state index contributed by atoms with van der Waals surface area (Å²) in [5.41, 5.74) is 0.0950. The number of amides is 2. The molecule has 1 radical (unpaired) electrons. The molecule has 0 N–H and O–H groups in total. The predicted octanol–water partition coefficient (Wildman–Crippen LogP) is 1.95. The van der Waals surface area contributed by atoms with E-state index in [1.165, 1.54) is 11.8 Å². The zero-order valence-electron chi connectivity index (χ0n) is 16.2. The monoisotopic (exact) mass is 450 g/mol. The second-order valence-electron chi connectivity index (χ2n) is 6.92. The van der Waals surface area contributed by atoms with Gasteiger partial charge in [0.05, 0.1) is 6.54 Å². The molecule has 145 valence electrons. The molecule has 0 heterocycles. The van der Waals surface area contributed by atoms with Gasteiger partial charge in [0, 0.05) is 39.3 Å². The second-order valence-corrected chi connectivity index (χ2v) is 6.92. The van der Waals surface area contributed by atoms with Crippen LogP contribution in [0.4, 0.5) is 4.79 Å². The van der Waals surface area contributed by atoms with Gasteiger partial charge in [0.2, 0.25) is 5.91 Å². The molecule has 1 rings (SSSR count). The molecule has 2 amide bonds. The average molecular weight is 450 g/mol. The van der Waals surface area contributed by atoms with Crippen LogP contribution in [-0.2, 0) is 58.4 Å². The summed E-state index contributed by atoms with van der Waals surface area (Å²) in [7, 11) is 0. The Balaban J connectivity index is 0.00000676. The summed E-state index contributed by atoms with van der Waals surface area (Å²) in [6, 6.07) is 9.20. The maximum Gasteiger partial charge on any atom is 0.408 e. The maximum absolute atomic E-state index is 12.6. The van der Waals surface area contributed by atoms with Crippen molar-refractivity contribution in [1.82, 2.24) is 9.80 Å². The number of Topliss-reactive ketones (excluding diaryl/α,β-unsaturated/α-hetero) is 1. The number of nitrogens with zero attached hydrogens (tertiary/aromatic N) is 2. The molecule has 7 nitrogen and oxygen atoms in total. The van der Waals surface area contributed by atoms with Crippen molar-refractivity contribution in [1.29, 1.82) is 0 Å². The molecule has 0 aliphatic heterocycles. The van der Waals surface area contributed by atoms with Crippen molar-refractivity contribution in [2.24, 2.45) is 0 Å². The Kier molecular flexibility index (Phi) is 11.3.